The van der Waals surface area contributed by atoms with E-state index in [9.17, 15) is 4.79 Å². The Kier molecular flexibility index (Phi) is 3.28. The Morgan fingerprint density at radius 2 is 2.24 bits per heavy atom. The summed E-state index contributed by atoms with van der Waals surface area (Å²) in [6.45, 7) is 2.42. The molecule has 0 radical (unpaired) electrons. The quantitative estimate of drug-likeness (QED) is 0.861. The predicted molar refractivity (Wildman–Crippen MR) is 70.9 cm³/mol. The molecule has 4 nitrogen and oxygen atoms in total. The van der Waals surface area contributed by atoms with E-state index >= 15 is 0 Å². The highest BCUT2D eigenvalue weighted by Gasteiger charge is 2.05. The van der Waals surface area contributed by atoms with Gasteiger partial charge in [-0.1, -0.05) is 12.1 Å². The van der Waals surface area contributed by atoms with Crippen molar-refractivity contribution in [2.24, 2.45) is 0 Å². The van der Waals surface area contributed by atoms with E-state index in [1.165, 1.54) is 12.5 Å². The number of aromatic nitrogens is 2. The molecular weight excluding hydrogens is 282 g/mol. The average Bonchev–Trinajstić information content (AvgIpc) is 2.31. The van der Waals surface area contributed by atoms with Gasteiger partial charge in [0.1, 0.15) is 4.47 Å². The van der Waals surface area contributed by atoms with Crippen molar-refractivity contribution >= 4 is 21.6 Å². The summed E-state index contributed by atoms with van der Waals surface area (Å²) in [5.41, 5.74) is 8.49. The summed E-state index contributed by atoms with van der Waals surface area (Å²) >= 11 is 3.17. The van der Waals surface area contributed by atoms with Crippen LogP contribution in [0.5, 0.6) is 0 Å². The smallest absolute Gasteiger partial charge is 0.267 e. The molecule has 2 aromatic rings. The number of nitrogen functional groups attached to an aromatic ring is 1. The van der Waals surface area contributed by atoms with Gasteiger partial charge in [-0.25, -0.2) is 4.98 Å². The maximum Gasteiger partial charge on any atom is 0.267 e. The maximum absolute atomic E-state index is 11.8. The second-order valence-corrected chi connectivity index (χ2v) is 4.66. The third kappa shape index (κ3) is 2.39. The van der Waals surface area contributed by atoms with Crippen LogP contribution in [0, 0.1) is 6.92 Å². The fraction of sp³-hybridized carbons (Fsp3) is 0.167. The number of rotatable bonds is 2. The van der Waals surface area contributed by atoms with Crippen LogP contribution in [-0.2, 0) is 6.54 Å². The molecule has 0 unspecified atom stereocenters. The molecule has 17 heavy (non-hydrogen) atoms. The van der Waals surface area contributed by atoms with Gasteiger partial charge >= 0.3 is 0 Å². The van der Waals surface area contributed by atoms with Crippen molar-refractivity contribution in [1.82, 2.24) is 9.55 Å². The molecule has 1 aromatic carbocycles. The Balaban J connectivity index is 2.42. The summed E-state index contributed by atoms with van der Waals surface area (Å²) < 4.78 is 2.01. The first-order valence-electron chi connectivity index (χ1n) is 5.13. The van der Waals surface area contributed by atoms with Gasteiger partial charge in [0, 0.05) is 11.9 Å². The van der Waals surface area contributed by atoms with Crippen LogP contribution in [0.3, 0.4) is 0 Å². The molecule has 2 N–H and O–H groups in total. The monoisotopic (exact) mass is 293 g/mol. The Bertz CT molecular complexity index is 607. The minimum absolute atomic E-state index is 0.0955. The lowest BCUT2D eigenvalue weighted by Gasteiger charge is -2.10. The van der Waals surface area contributed by atoms with Crippen LogP contribution in [0.25, 0.3) is 0 Å². The molecule has 0 aliphatic carbocycles. The molecule has 0 amide bonds. The predicted octanol–water partition coefficient (Wildman–Crippen LogP) is 1.94. The van der Waals surface area contributed by atoms with Gasteiger partial charge in [0.25, 0.3) is 5.56 Å². The van der Waals surface area contributed by atoms with E-state index in [0.717, 1.165) is 16.8 Å². The lowest BCUT2D eigenvalue weighted by atomic mass is 10.1. The van der Waals surface area contributed by atoms with Crippen molar-refractivity contribution in [3.63, 3.8) is 0 Å². The van der Waals surface area contributed by atoms with Crippen LogP contribution in [-0.4, -0.2) is 9.55 Å². The minimum atomic E-state index is -0.0955. The molecule has 0 bridgehead atoms. The zero-order valence-electron chi connectivity index (χ0n) is 9.35. The lowest BCUT2D eigenvalue weighted by molar-refractivity contribution is 0.728. The third-order valence-electron chi connectivity index (χ3n) is 2.69. The van der Waals surface area contributed by atoms with Crippen molar-refractivity contribution in [2.75, 3.05) is 5.73 Å². The van der Waals surface area contributed by atoms with E-state index in [0.29, 0.717) is 11.0 Å². The molecule has 1 aromatic heterocycles. The molecule has 88 valence electrons. The van der Waals surface area contributed by atoms with Gasteiger partial charge in [0.15, 0.2) is 0 Å². The van der Waals surface area contributed by atoms with Crippen LogP contribution in [0.1, 0.15) is 11.1 Å². The van der Waals surface area contributed by atoms with Crippen LogP contribution >= 0.6 is 15.9 Å². The molecule has 5 heteroatoms. The van der Waals surface area contributed by atoms with Crippen molar-refractivity contribution in [3.05, 3.63) is 56.7 Å². The normalized spacial score (nSPS) is 10.5. The summed E-state index contributed by atoms with van der Waals surface area (Å²) in [5, 5.41) is 0. The van der Waals surface area contributed by atoms with E-state index in [1.54, 1.807) is 4.57 Å². The zero-order valence-corrected chi connectivity index (χ0v) is 10.9. The second-order valence-electron chi connectivity index (χ2n) is 3.81. The van der Waals surface area contributed by atoms with E-state index in [4.69, 9.17) is 5.73 Å². The Hall–Kier alpha value is -1.62. The summed E-state index contributed by atoms with van der Waals surface area (Å²) in [6.07, 6.45) is 3.01. The average molecular weight is 294 g/mol. The number of halogens is 1. The molecule has 1 heterocycles. The summed E-state index contributed by atoms with van der Waals surface area (Å²) in [5.74, 6) is 0. The minimum Gasteiger partial charge on any atom is -0.399 e. The molecule has 0 saturated heterocycles. The van der Waals surface area contributed by atoms with Gasteiger partial charge in [-0.05, 0) is 40.0 Å². The van der Waals surface area contributed by atoms with E-state index in [2.05, 4.69) is 20.9 Å². The first kappa shape index (κ1) is 11.9. The summed E-state index contributed by atoms with van der Waals surface area (Å²) in [6, 6.07) is 5.69. The number of nitrogens with two attached hydrogens (primary N) is 1. The maximum atomic E-state index is 11.8. The van der Waals surface area contributed by atoms with Crippen LogP contribution in [0.2, 0.25) is 0 Å². The van der Waals surface area contributed by atoms with Crippen molar-refractivity contribution in [3.8, 4) is 0 Å². The Morgan fingerprint density at radius 1 is 1.47 bits per heavy atom. The second kappa shape index (κ2) is 4.71. The number of hydrogen-bond acceptors (Lipinski definition) is 3. The Labute approximate surface area is 107 Å². The molecule has 0 fully saturated rings. The number of hydrogen-bond donors (Lipinski definition) is 1. The number of benzene rings is 1. The van der Waals surface area contributed by atoms with Crippen LogP contribution in [0.15, 0.2) is 40.0 Å². The van der Waals surface area contributed by atoms with Gasteiger partial charge < -0.3 is 5.73 Å². The highest BCUT2D eigenvalue weighted by atomic mass is 79.9. The van der Waals surface area contributed by atoms with E-state index < -0.39 is 0 Å². The molecule has 0 aliphatic rings. The van der Waals surface area contributed by atoms with Gasteiger partial charge in [-0.15, -0.1) is 0 Å². The number of nitrogens with zero attached hydrogens (tertiary/aromatic N) is 2. The van der Waals surface area contributed by atoms with E-state index in [1.807, 2.05) is 25.1 Å². The summed E-state index contributed by atoms with van der Waals surface area (Å²) in [7, 11) is 0. The zero-order chi connectivity index (χ0) is 12.4. The largest absolute Gasteiger partial charge is 0.399 e. The standard InChI is InChI=1S/C12H12BrN3O/c1-8-9(3-2-4-11(8)14)6-16-7-15-5-10(13)12(16)17/h2-5,7H,6,14H2,1H3. The number of anilines is 1. The highest BCUT2D eigenvalue weighted by Crippen LogP contribution is 2.16. The van der Waals surface area contributed by atoms with Gasteiger partial charge in [-0.2, -0.15) is 0 Å². The molecule has 0 aliphatic heterocycles. The molecule has 2 rings (SSSR count). The van der Waals surface area contributed by atoms with Crippen LogP contribution < -0.4 is 11.3 Å². The first-order chi connectivity index (χ1) is 8.09. The molecule has 0 saturated carbocycles. The fourth-order valence-electron chi connectivity index (χ4n) is 1.59. The molecule has 0 spiro atoms. The lowest BCUT2D eigenvalue weighted by Crippen LogP contribution is -2.21. The topological polar surface area (TPSA) is 60.9 Å². The van der Waals surface area contributed by atoms with Gasteiger partial charge in [0.05, 0.1) is 12.9 Å². The first-order valence-corrected chi connectivity index (χ1v) is 5.93. The van der Waals surface area contributed by atoms with Crippen molar-refractivity contribution in [1.29, 1.82) is 0 Å². The SMILES string of the molecule is Cc1c(N)cccc1Cn1cncc(Br)c1=O. The molecular formula is C12H12BrN3O. The van der Waals surface area contributed by atoms with Gasteiger partial charge in [-0.3, -0.25) is 9.36 Å². The summed E-state index contributed by atoms with van der Waals surface area (Å²) in [4.78, 5) is 15.8. The van der Waals surface area contributed by atoms with Crippen molar-refractivity contribution < 1.29 is 0 Å². The van der Waals surface area contributed by atoms with Crippen LogP contribution in [0.4, 0.5) is 5.69 Å². The van der Waals surface area contributed by atoms with E-state index in [-0.39, 0.29) is 5.56 Å². The third-order valence-corrected chi connectivity index (χ3v) is 3.23. The van der Waals surface area contributed by atoms with Crippen molar-refractivity contribution in [2.45, 2.75) is 13.5 Å². The fourth-order valence-corrected chi connectivity index (χ4v) is 1.94. The molecule has 0 atom stereocenters. The highest BCUT2D eigenvalue weighted by molar-refractivity contribution is 9.10. The Morgan fingerprint density at radius 3 is 3.00 bits per heavy atom. The van der Waals surface area contributed by atoms with Gasteiger partial charge in [0.2, 0.25) is 0 Å².